The van der Waals surface area contributed by atoms with E-state index in [-0.39, 0.29) is 5.82 Å². The average molecular weight is 272 g/mol. The van der Waals surface area contributed by atoms with Gasteiger partial charge in [-0.15, -0.1) is 0 Å². The van der Waals surface area contributed by atoms with Gasteiger partial charge >= 0.3 is 0 Å². The Hall–Kier alpha value is -1.19. The second-order valence-corrected chi connectivity index (χ2v) is 6.35. The van der Waals surface area contributed by atoms with Gasteiger partial charge in [-0.05, 0) is 55.5 Å². The molecule has 1 aromatic rings. The summed E-state index contributed by atoms with van der Waals surface area (Å²) in [6, 6.07) is 8.30. The SMILES string of the molecule is Fc1ccc(C=CCN2C3CCC2C2CNCC23)cc1. The third-order valence-electron chi connectivity index (χ3n) is 5.41. The van der Waals surface area contributed by atoms with Gasteiger partial charge in [0.15, 0.2) is 0 Å². The minimum Gasteiger partial charge on any atom is -0.316 e. The molecular weight excluding hydrogens is 251 g/mol. The summed E-state index contributed by atoms with van der Waals surface area (Å²) in [5.41, 5.74) is 1.08. The highest BCUT2D eigenvalue weighted by Crippen LogP contribution is 2.47. The normalized spacial score (nSPS) is 36.0. The zero-order valence-electron chi connectivity index (χ0n) is 11.6. The second kappa shape index (κ2) is 4.97. The van der Waals surface area contributed by atoms with E-state index in [0.29, 0.717) is 0 Å². The van der Waals surface area contributed by atoms with Gasteiger partial charge in [-0.2, -0.15) is 0 Å². The molecule has 4 atom stereocenters. The number of fused-ring (bicyclic) bond motifs is 5. The Balaban J connectivity index is 1.42. The molecule has 3 saturated heterocycles. The minimum absolute atomic E-state index is 0.167. The van der Waals surface area contributed by atoms with Gasteiger partial charge in [-0.25, -0.2) is 4.39 Å². The van der Waals surface area contributed by atoms with E-state index in [2.05, 4.69) is 22.4 Å². The van der Waals surface area contributed by atoms with Gasteiger partial charge in [0.2, 0.25) is 0 Å². The van der Waals surface area contributed by atoms with Gasteiger partial charge in [0.25, 0.3) is 0 Å². The fourth-order valence-corrected chi connectivity index (χ4v) is 4.56. The van der Waals surface area contributed by atoms with Gasteiger partial charge in [0, 0.05) is 18.6 Å². The lowest BCUT2D eigenvalue weighted by Gasteiger charge is -2.22. The second-order valence-electron chi connectivity index (χ2n) is 6.35. The first-order valence-corrected chi connectivity index (χ1v) is 7.71. The Morgan fingerprint density at radius 1 is 1.10 bits per heavy atom. The van der Waals surface area contributed by atoms with Crippen LogP contribution in [0.25, 0.3) is 6.08 Å². The summed E-state index contributed by atoms with van der Waals surface area (Å²) in [5.74, 6) is 1.60. The molecule has 3 heteroatoms. The molecule has 0 aromatic heterocycles. The Labute approximate surface area is 119 Å². The van der Waals surface area contributed by atoms with Gasteiger partial charge in [-0.1, -0.05) is 24.3 Å². The molecule has 0 amide bonds. The first-order valence-electron chi connectivity index (χ1n) is 7.71. The lowest BCUT2D eigenvalue weighted by molar-refractivity contribution is 0.253. The van der Waals surface area contributed by atoms with Crippen molar-refractivity contribution in [2.75, 3.05) is 19.6 Å². The van der Waals surface area contributed by atoms with Crippen LogP contribution < -0.4 is 5.32 Å². The van der Waals surface area contributed by atoms with E-state index in [0.717, 1.165) is 36.0 Å². The summed E-state index contributed by atoms with van der Waals surface area (Å²) in [6.07, 6.45) is 7.11. The summed E-state index contributed by atoms with van der Waals surface area (Å²) in [6.45, 7) is 3.47. The number of hydrogen-bond donors (Lipinski definition) is 1. The predicted molar refractivity (Wildman–Crippen MR) is 78.8 cm³/mol. The smallest absolute Gasteiger partial charge is 0.123 e. The van der Waals surface area contributed by atoms with E-state index in [1.807, 2.05) is 12.1 Å². The first-order chi connectivity index (χ1) is 9.83. The quantitative estimate of drug-likeness (QED) is 0.909. The van der Waals surface area contributed by atoms with E-state index >= 15 is 0 Å². The number of benzene rings is 1. The molecular formula is C17H21FN2. The molecule has 0 aliphatic carbocycles. The van der Waals surface area contributed by atoms with E-state index in [1.165, 1.54) is 38.1 Å². The molecule has 4 unspecified atom stereocenters. The number of hydrogen-bond acceptors (Lipinski definition) is 2. The number of rotatable bonds is 3. The molecule has 3 aliphatic rings. The summed E-state index contributed by atoms with van der Waals surface area (Å²) in [4.78, 5) is 2.70. The van der Waals surface area contributed by atoms with E-state index in [1.54, 1.807) is 0 Å². The molecule has 2 bridgehead atoms. The van der Waals surface area contributed by atoms with Crippen LogP contribution in [-0.2, 0) is 0 Å². The van der Waals surface area contributed by atoms with Crippen LogP contribution in [0.3, 0.4) is 0 Å². The molecule has 3 aliphatic heterocycles. The Bertz CT molecular complexity index is 492. The summed E-state index contributed by atoms with van der Waals surface area (Å²) >= 11 is 0. The first kappa shape index (κ1) is 12.5. The highest BCUT2D eigenvalue weighted by Gasteiger charge is 2.53. The van der Waals surface area contributed by atoms with Crippen LogP contribution in [0.2, 0.25) is 0 Å². The number of halogens is 1. The van der Waals surface area contributed by atoms with Crippen molar-refractivity contribution in [2.24, 2.45) is 11.8 Å². The van der Waals surface area contributed by atoms with E-state index in [4.69, 9.17) is 0 Å². The predicted octanol–water partition coefficient (Wildman–Crippen LogP) is 2.52. The molecule has 0 spiro atoms. The van der Waals surface area contributed by atoms with Crippen molar-refractivity contribution in [3.05, 3.63) is 41.7 Å². The van der Waals surface area contributed by atoms with Crippen molar-refractivity contribution >= 4 is 6.08 Å². The fraction of sp³-hybridized carbons (Fsp3) is 0.529. The number of nitrogens with one attached hydrogen (secondary N) is 1. The van der Waals surface area contributed by atoms with Crippen LogP contribution in [0.15, 0.2) is 30.3 Å². The van der Waals surface area contributed by atoms with E-state index in [9.17, 15) is 4.39 Å². The van der Waals surface area contributed by atoms with Gasteiger partial charge in [-0.3, -0.25) is 4.90 Å². The van der Waals surface area contributed by atoms with Crippen LogP contribution in [0.5, 0.6) is 0 Å². The van der Waals surface area contributed by atoms with Crippen LogP contribution >= 0.6 is 0 Å². The van der Waals surface area contributed by atoms with Crippen molar-refractivity contribution < 1.29 is 4.39 Å². The number of nitrogens with zero attached hydrogens (tertiary/aromatic N) is 1. The van der Waals surface area contributed by atoms with Crippen molar-refractivity contribution in [1.29, 1.82) is 0 Å². The zero-order valence-corrected chi connectivity index (χ0v) is 11.6. The van der Waals surface area contributed by atoms with E-state index < -0.39 is 0 Å². The minimum atomic E-state index is -0.167. The summed E-state index contributed by atoms with van der Waals surface area (Å²) < 4.78 is 12.9. The Kier molecular flexibility index (Phi) is 3.12. The van der Waals surface area contributed by atoms with Crippen LogP contribution in [0, 0.1) is 17.7 Å². The highest BCUT2D eigenvalue weighted by molar-refractivity contribution is 5.49. The molecule has 106 valence electrons. The lowest BCUT2D eigenvalue weighted by atomic mass is 9.82. The fourth-order valence-electron chi connectivity index (χ4n) is 4.56. The van der Waals surface area contributed by atoms with Crippen molar-refractivity contribution in [1.82, 2.24) is 10.2 Å². The molecule has 20 heavy (non-hydrogen) atoms. The summed E-state index contributed by atoms with van der Waals surface area (Å²) in [5, 5.41) is 3.55. The van der Waals surface area contributed by atoms with Crippen molar-refractivity contribution in [3.63, 3.8) is 0 Å². The molecule has 4 rings (SSSR count). The molecule has 3 heterocycles. The monoisotopic (exact) mass is 272 g/mol. The molecule has 1 N–H and O–H groups in total. The Morgan fingerprint density at radius 3 is 2.40 bits per heavy atom. The van der Waals surface area contributed by atoms with Gasteiger partial charge < -0.3 is 5.32 Å². The van der Waals surface area contributed by atoms with Crippen LogP contribution in [-0.4, -0.2) is 36.6 Å². The average Bonchev–Trinajstić information content (AvgIpc) is 3.13. The van der Waals surface area contributed by atoms with Crippen molar-refractivity contribution in [3.8, 4) is 0 Å². The maximum atomic E-state index is 12.9. The standard InChI is InChI=1S/C17H21FN2/c18-13-5-3-12(4-6-13)2-1-9-20-16-7-8-17(20)15-11-19-10-14(15)16/h1-6,14-17,19H,7-11H2. The van der Waals surface area contributed by atoms with Gasteiger partial charge in [0.1, 0.15) is 5.82 Å². The zero-order chi connectivity index (χ0) is 13.5. The maximum absolute atomic E-state index is 12.9. The molecule has 0 radical (unpaired) electrons. The van der Waals surface area contributed by atoms with Crippen LogP contribution in [0.4, 0.5) is 4.39 Å². The third-order valence-corrected chi connectivity index (χ3v) is 5.41. The largest absolute Gasteiger partial charge is 0.316 e. The molecule has 2 nitrogen and oxygen atoms in total. The molecule has 0 saturated carbocycles. The third kappa shape index (κ3) is 2.00. The maximum Gasteiger partial charge on any atom is 0.123 e. The summed E-state index contributed by atoms with van der Waals surface area (Å²) in [7, 11) is 0. The van der Waals surface area contributed by atoms with Gasteiger partial charge in [0.05, 0.1) is 0 Å². The lowest BCUT2D eigenvalue weighted by Crippen LogP contribution is -2.34. The topological polar surface area (TPSA) is 15.3 Å². The molecule has 3 fully saturated rings. The Morgan fingerprint density at radius 2 is 1.75 bits per heavy atom. The molecule has 1 aromatic carbocycles. The van der Waals surface area contributed by atoms with Crippen molar-refractivity contribution in [2.45, 2.75) is 24.9 Å². The van der Waals surface area contributed by atoms with Crippen LogP contribution in [0.1, 0.15) is 18.4 Å². The highest BCUT2D eigenvalue weighted by atomic mass is 19.1.